The summed E-state index contributed by atoms with van der Waals surface area (Å²) >= 11 is 0. The second-order valence-corrected chi connectivity index (χ2v) is 13.0. The lowest BCUT2D eigenvalue weighted by molar-refractivity contribution is -0.143. The monoisotopic (exact) mass is 557 g/mol. The number of rotatable bonds is 13. The van der Waals surface area contributed by atoms with Gasteiger partial charge in [-0.2, -0.15) is 0 Å². The van der Waals surface area contributed by atoms with E-state index in [1.54, 1.807) is 25.7 Å². The summed E-state index contributed by atoms with van der Waals surface area (Å²) in [7, 11) is 0. The third kappa shape index (κ3) is 11.1. The Bertz CT molecular complexity index is 963. The summed E-state index contributed by atoms with van der Waals surface area (Å²) < 4.78 is 5.52. The third-order valence-electron chi connectivity index (χ3n) is 7.46. The number of carbonyl (C=O) groups excluding carboxylic acids is 3. The second-order valence-electron chi connectivity index (χ2n) is 13.0. The molecule has 1 aromatic carbocycles. The SMILES string of the molecule is CCCCCCN(C(=O)C(CC(C)C)NC(=O)OC(C)(C)C)C(C(=O)NC1CCCCC1)c1ccc(C)cc1C. The van der Waals surface area contributed by atoms with Crippen LogP contribution in [-0.4, -0.2) is 47.0 Å². The fourth-order valence-electron chi connectivity index (χ4n) is 5.53. The van der Waals surface area contributed by atoms with Crippen molar-refractivity contribution < 1.29 is 19.1 Å². The molecule has 3 amide bonds. The van der Waals surface area contributed by atoms with Gasteiger partial charge in [-0.05, 0) is 77.3 Å². The first-order valence-corrected chi connectivity index (χ1v) is 15.5. The molecule has 1 aliphatic carbocycles. The smallest absolute Gasteiger partial charge is 0.408 e. The predicted octanol–water partition coefficient (Wildman–Crippen LogP) is 7.14. The van der Waals surface area contributed by atoms with Crippen molar-refractivity contribution in [2.24, 2.45) is 5.92 Å². The molecule has 7 nitrogen and oxygen atoms in total. The fraction of sp³-hybridized carbons (Fsp3) is 0.727. The number of nitrogens with one attached hydrogen (secondary N) is 2. The van der Waals surface area contributed by atoms with E-state index in [2.05, 4.69) is 23.6 Å². The molecule has 226 valence electrons. The topological polar surface area (TPSA) is 87.7 Å². The first-order chi connectivity index (χ1) is 18.8. The molecular formula is C33H55N3O4. The highest BCUT2D eigenvalue weighted by Crippen LogP contribution is 2.29. The average Bonchev–Trinajstić information content (AvgIpc) is 2.85. The lowest BCUT2D eigenvalue weighted by atomic mass is 9.92. The van der Waals surface area contributed by atoms with Crippen LogP contribution >= 0.6 is 0 Å². The second kappa shape index (κ2) is 16.0. The maximum atomic E-state index is 14.4. The van der Waals surface area contributed by atoms with Gasteiger partial charge < -0.3 is 20.3 Å². The zero-order chi connectivity index (χ0) is 29.9. The normalized spacial score (nSPS) is 15.8. The van der Waals surface area contributed by atoms with E-state index in [-0.39, 0.29) is 23.8 Å². The van der Waals surface area contributed by atoms with Crippen LogP contribution in [0.3, 0.4) is 0 Å². The highest BCUT2D eigenvalue weighted by atomic mass is 16.6. The number of carbonyl (C=O) groups is 3. The molecule has 0 bridgehead atoms. The molecule has 1 aliphatic rings. The van der Waals surface area contributed by atoms with Crippen molar-refractivity contribution >= 4 is 17.9 Å². The van der Waals surface area contributed by atoms with E-state index < -0.39 is 23.8 Å². The standard InChI is InChI=1S/C33H55N3O4/c1-9-10-11-15-20-36(31(38)28(21-23(2)3)35-32(39)40-33(6,7)8)29(27-19-18-24(4)22-25(27)5)30(37)34-26-16-13-12-14-17-26/h18-19,22-23,26,28-29H,9-17,20-21H2,1-8H3,(H,34,37)(H,35,39). The summed E-state index contributed by atoms with van der Waals surface area (Å²) in [5, 5.41) is 6.16. The van der Waals surface area contributed by atoms with Crippen molar-refractivity contribution in [2.75, 3.05) is 6.54 Å². The third-order valence-corrected chi connectivity index (χ3v) is 7.46. The molecular weight excluding hydrogens is 502 g/mol. The maximum Gasteiger partial charge on any atom is 0.408 e. The molecule has 0 aliphatic heterocycles. The molecule has 2 unspecified atom stereocenters. The van der Waals surface area contributed by atoms with Crippen molar-refractivity contribution in [3.8, 4) is 0 Å². The summed E-state index contributed by atoms with van der Waals surface area (Å²) in [5.41, 5.74) is 2.24. The largest absolute Gasteiger partial charge is 0.444 e. The Morgan fingerprint density at radius 3 is 2.27 bits per heavy atom. The molecule has 1 saturated carbocycles. The van der Waals surface area contributed by atoms with Gasteiger partial charge in [-0.3, -0.25) is 9.59 Å². The summed E-state index contributed by atoms with van der Waals surface area (Å²) in [6.45, 7) is 16.1. The number of alkyl carbamates (subject to hydrolysis) is 1. The Morgan fingerprint density at radius 1 is 1.02 bits per heavy atom. The van der Waals surface area contributed by atoms with Crippen LogP contribution in [0.25, 0.3) is 0 Å². The van der Waals surface area contributed by atoms with Crippen molar-refractivity contribution in [3.05, 3.63) is 34.9 Å². The zero-order valence-electron chi connectivity index (χ0n) is 26.4. The number of hydrogen-bond donors (Lipinski definition) is 2. The van der Waals surface area contributed by atoms with Crippen LogP contribution in [-0.2, 0) is 14.3 Å². The number of ether oxygens (including phenoxy) is 1. The summed E-state index contributed by atoms with van der Waals surface area (Å²) in [5.74, 6) is -0.218. The Hall–Kier alpha value is -2.57. The van der Waals surface area contributed by atoms with Crippen LogP contribution in [0.15, 0.2) is 18.2 Å². The zero-order valence-corrected chi connectivity index (χ0v) is 26.4. The average molecular weight is 558 g/mol. The number of unbranched alkanes of at least 4 members (excludes halogenated alkanes) is 3. The van der Waals surface area contributed by atoms with E-state index in [0.717, 1.165) is 68.1 Å². The minimum atomic E-state index is -0.795. The number of nitrogens with zero attached hydrogens (tertiary/aromatic N) is 1. The maximum absolute atomic E-state index is 14.4. The van der Waals surface area contributed by atoms with Crippen LogP contribution < -0.4 is 10.6 Å². The molecule has 7 heteroatoms. The van der Waals surface area contributed by atoms with Crippen LogP contribution in [0.2, 0.25) is 0 Å². The minimum Gasteiger partial charge on any atom is -0.444 e. The molecule has 0 aromatic heterocycles. The summed E-state index contributed by atoms with van der Waals surface area (Å²) in [6.07, 6.45) is 9.07. The predicted molar refractivity (Wildman–Crippen MR) is 162 cm³/mol. The lowest BCUT2D eigenvalue weighted by Gasteiger charge is -2.36. The summed E-state index contributed by atoms with van der Waals surface area (Å²) in [4.78, 5) is 43.1. The van der Waals surface area contributed by atoms with Gasteiger partial charge in [-0.25, -0.2) is 4.79 Å². The van der Waals surface area contributed by atoms with E-state index in [9.17, 15) is 14.4 Å². The van der Waals surface area contributed by atoms with Gasteiger partial charge in [0.05, 0.1) is 0 Å². The Labute approximate surface area is 243 Å². The molecule has 0 radical (unpaired) electrons. The molecule has 0 saturated heterocycles. The number of aryl methyl sites for hydroxylation is 2. The van der Waals surface area contributed by atoms with Gasteiger partial charge in [0, 0.05) is 12.6 Å². The van der Waals surface area contributed by atoms with E-state index in [1.165, 1.54) is 6.42 Å². The van der Waals surface area contributed by atoms with Gasteiger partial charge in [0.2, 0.25) is 11.8 Å². The van der Waals surface area contributed by atoms with E-state index in [0.29, 0.717) is 13.0 Å². The van der Waals surface area contributed by atoms with Gasteiger partial charge in [-0.1, -0.05) is 83.1 Å². The minimum absolute atomic E-state index is 0.123. The Morgan fingerprint density at radius 2 is 1.70 bits per heavy atom. The number of benzene rings is 1. The molecule has 2 N–H and O–H groups in total. The van der Waals surface area contributed by atoms with Gasteiger partial charge in [0.25, 0.3) is 0 Å². The Balaban J connectivity index is 2.51. The molecule has 40 heavy (non-hydrogen) atoms. The highest BCUT2D eigenvalue weighted by Gasteiger charge is 2.37. The molecule has 1 aromatic rings. The molecule has 1 fully saturated rings. The highest BCUT2D eigenvalue weighted by molar-refractivity contribution is 5.92. The van der Waals surface area contributed by atoms with E-state index >= 15 is 0 Å². The first-order valence-electron chi connectivity index (χ1n) is 15.5. The van der Waals surface area contributed by atoms with Gasteiger partial charge in [0.1, 0.15) is 17.7 Å². The van der Waals surface area contributed by atoms with Gasteiger partial charge in [0.15, 0.2) is 0 Å². The summed E-state index contributed by atoms with van der Waals surface area (Å²) in [6, 6.07) is 4.62. The Kier molecular flexibility index (Phi) is 13.5. The van der Waals surface area contributed by atoms with Crippen LogP contribution in [0.1, 0.15) is 128 Å². The quantitative estimate of drug-likeness (QED) is 0.252. The number of amides is 3. The molecule has 2 rings (SSSR count). The van der Waals surface area contributed by atoms with Crippen molar-refractivity contribution in [2.45, 2.75) is 143 Å². The van der Waals surface area contributed by atoms with Crippen molar-refractivity contribution in [1.29, 1.82) is 0 Å². The molecule has 2 atom stereocenters. The van der Waals surface area contributed by atoms with Gasteiger partial charge in [-0.15, -0.1) is 0 Å². The van der Waals surface area contributed by atoms with Crippen LogP contribution in [0.5, 0.6) is 0 Å². The van der Waals surface area contributed by atoms with Crippen molar-refractivity contribution in [1.82, 2.24) is 15.5 Å². The fourth-order valence-corrected chi connectivity index (χ4v) is 5.53. The van der Waals surface area contributed by atoms with Crippen LogP contribution in [0, 0.1) is 19.8 Å². The molecule has 0 spiro atoms. The van der Waals surface area contributed by atoms with E-state index in [1.807, 2.05) is 39.8 Å². The van der Waals surface area contributed by atoms with E-state index in [4.69, 9.17) is 4.74 Å². The van der Waals surface area contributed by atoms with Crippen LogP contribution in [0.4, 0.5) is 4.79 Å². The lowest BCUT2D eigenvalue weighted by Crippen LogP contribution is -2.54. The van der Waals surface area contributed by atoms with Crippen molar-refractivity contribution in [3.63, 3.8) is 0 Å². The number of hydrogen-bond acceptors (Lipinski definition) is 4. The molecule has 0 heterocycles. The van der Waals surface area contributed by atoms with Gasteiger partial charge >= 0.3 is 6.09 Å². The first kappa shape index (κ1) is 33.6.